The van der Waals surface area contributed by atoms with Crippen LogP contribution in [0.1, 0.15) is 6.92 Å². The first-order chi connectivity index (χ1) is 8.22. The quantitative estimate of drug-likeness (QED) is 0.794. The molecule has 1 rings (SSSR count). The standard InChI is InChI=1S/C11H18BrN3O2S/c1-8(7-15(2)3)14-18(16,17)11-6-9(13)4-5-10(11)12/h4-6,8,14H,7,13H2,1-3H3. The van der Waals surface area contributed by atoms with Crippen LogP contribution >= 0.6 is 15.9 Å². The Balaban J connectivity index is 2.96. The average Bonchev–Trinajstić information content (AvgIpc) is 2.19. The number of hydrogen-bond acceptors (Lipinski definition) is 4. The highest BCUT2D eigenvalue weighted by molar-refractivity contribution is 9.10. The summed E-state index contributed by atoms with van der Waals surface area (Å²) < 4.78 is 27.5. The molecule has 1 atom stereocenters. The van der Waals surface area contributed by atoms with Gasteiger partial charge in [0.15, 0.2) is 0 Å². The van der Waals surface area contributed by atoms with Crippen molar-refractivity contribution in [3.8, 4) is 0 Å². The number of nitrogens with two attached hydrogens (primary N) is 1. The van der Waals surface area contributed by atoms with E-state index in [0.29, 0.717) is 16.7 Å². The topological polar surface area (TPSA) is 75.4 Å². The molecule has 0 aliphatic rings. The van der Waals surface area contributed by atoms with E-state index in [1.807, 2.05) is 25.9 Å². The van der Waals surface area contributed by atoms with Gasteiger partial charge >= 0.3 is 0 Å². The van der Waals surface area contributed by atoms with Gasteiger partial charge in [-0.2, -0.15) is 0 Å². The second-order valence-corrected chi connectivity index (χ2v) is 7.01. The van der Waals surface area contributed by atoms with Crippen molar-refractivity contribution in [2.75, 3.05) is 26.4 Å². The zero-order valence-corrected chi connectivity index (χ0v) is 13.0. The van der Waals surface area contributed by atoms with Crippen LogP contribution in [0, 0.1) is 0 Å². The van der Waals surface area contributed by atoms with Crippen molar-refractivity contribution in [1.82, 2.24) is 9.62 Å². The monoisotopic (exact) mass is 335 g/mol. The summed E-state index contributed by atoms with van der Waals surface area (Å²) in [5, 5.41) is 0. The third-order valence-electron chi connectivity index (χ3n) is 2.24. The molecule has 1 aromatic carbocycles. The number of nitrogens with one attached hydrogen (secondary N) is 1. The van der Waals surface area contributed by atoms with Gasteiger partial charge in [-0.1, -0.05) is 0 Å². The van der Waals surface area contributed by atoms with E-state index in [1.54, 1.807) is 12.1 Å². The molecule has 0 heterocycles. The minimum absolute atomic E-state index is 0.160. The van der Waals surface area contributed by atoms with Gasteiger partial charge in [-0.3, -0.25) is 0 Å². The van der Waals surface area contributed by atoms with E-state index in [2.05, 4.69) is 20.7 Å². The number of anilines is 1. The minimum Gasteiger partial charge on any atom is -0.399 e. The molecule has 0 saturated carbocycles. The Morgan fingerprint density at radius 1 is 1.44 bits per heavy atom. The Kier molecular flexibility index (Phi) is 5.15. The number of sulfonamides is 1. The number of rotatable bonds is 5. The van der Waals surface area contributed by atoms with E-state index in [9.17, 15) is 8.42 Å². The van der Waals surface area contributed by atoms with Gasteiger partial charge in [-0.15, -0.1) is 0 Å². The maximum Gasteiger partial charge on any atom is 0.242 e. The summed E-state index contributed by atoms with van der Waals surface area (Å²) in [4.78, 5) is 2.08. The van der Waals surface area contributed by atoms with Gasteiger partial charge in [0, 0.05) is 22.7 Å². The first kappa shape index (κ1) is 15.4. The van der Waals surface area contributed by atoms with Gasteiger partial charge in [-0.25, -0.2) is 13.1 Å². The van der Waals surface area contributed by atoms with Crippen LogP contribution < -0.4 is 10.5 Å². The lowest BCUT2D eigenvalue weighted by molar-refractivity contribution is 0.370. The smallest absolute Gasteiger partial charge is 0.242 e. The first-order valence-corrected chi connectivity index (χ1v) is 7.72. The molecule has 3 N–H and O–H groups in total. The minimum atomic E-state index is -3.56. The third-order valence-corrected chi connectivity index (χ3v) is 4.82. The van der Waals surface area contributed by atoms with Gasteiger partial charge in [0.25, 0.3) is 0 Å². The molecule has 0 aliphatic carbocycles. The summed E-state index contributed by atoms with van der Waals surface area (Å²) in [5.74, 6) is 0. The van der Waals surface area contributed by atoms with E-state index in [1.165, 1.54) is 6.07 Å². The van der Waals surface area contributed by atoms with Crippen molar-refractivity contribution in [3.05, 3.63) is 22.7 Å². The molecule has 0 radical (unpaired) electrons. The highest BCUT2D eigenvalue weighted by atomic mass is 79.9. The van der Waals surface area contributed by atoms with E-state index in [4.69, 9.17) is 5.73 Å². The lowest BCUT2D eigenvalue weighted by Crippen LogP contribution is -2.39. The van der Waals surface area contributed by atoms with E-state index in [0.717, 1.165) is 0 Å². The van der Waals surface area contributed by atoms with E-state index in [-0.39, 0.29) is 10.9 Å². The zero-order chi connectivity index (χ0) is 13.9. The highest BCUT2D eigenvalue weighted by Gasteiger charge is 2.20. The molecule has 0 aliphatic heterocycles. The molecule has 0 amide bonds. The van der Waals surface area contributed by atoms with E-state index < -0.39 is 10.0 Å². The van der Waals surface area contributed by atoms with Crippen molar-refractivity contribution in [3.63, 3.8) is 0 Å². The SMILES string of the molecule is CC(CN(C)C)NS(=O)(=O)c1cc(N)ccc1Br. The van der Waals surface area contributed by atoms with E-state index >= 15 is 0 Å². The summed E-state index contributed by atoms with van der Waals surface area (Å²) in [6, 6.07) is 4.53. The second kappa shape index (κ2) is 6.01. The molecular weight excluding hydrogens is 318 g/mol. The van der Waals surface area contributed by atoms with Crippen LogP contribution in [-0.4, -0.2) is 40.0 Å². The van der Waals surface area contributed by atoms with Gasteiger partial charge in [0.1, 0.15) is 0 Å². The third kappa shape index (κ3) is 4.24. The Hall–Kier alpha value is -0.630. The fourth-order valence-corrected chi connectivity index (χ4v) is 3.87. The number of hydrogen-bond donors (Lipinski definition) is 2. The van der Waals surface area contributed by atoms with Crippen LogP contribution in [0.3, 0.4) is 0 Å². The van der Waals surface area contributed by atoms with Crippen LogP contribution in [-0.2, 0) is 10.0 Å². The lowest BCUT2D eigenvalue weighted by Gasteiger charge is -2.18. The fraction of sp³-hybridized carbons (Fsp3) is 0.455. The summed E-state index contributed by atoms with van der Waals surface area (Å²) >= 11 is 3.22. The number of benzene rings is 1. The van der Waals surface area contributed by atoms with Crippen molar-refractivity contribution >= 4 is 31.6 Å². The highest BCUT2D eigenvalue weighted by Crippen LogP contribution is 2.24. The molecule has 0 aromatic heterocycles. The molecule has 0 spiro atoms. The summed E-state index contributed by atoms with van der Waals surface area (Å²) in [6.07, 6.45) is 0. The Morgan fingerprint density at radius 2 is 2.06 bits per heavy atom. The molecule has 1 unspecified atom stereocenters. The maximum atomic E-state index is 12.2. The molecule has 0 bridgehead atoms. The second-order valence-electron chi connectivity index (χ2n) is 4.47. The maximum absolute atomic E-state index is 12.2. The first-order valence-electron chi connectivity index (χ1n) is 5.44. The van der Waals surface area contributed by atoms with Crippen LogP contribution in [0.25, 0.3) is 0 Å². The predicted molar refractivity (Wildman–Crippen MR) is 76.9 cm³/mol. The van der Waals surface area contributed by atoms with Crippen LogP contribution in [0.2, 0.25) is 0 Å². The molecule has 1 aromatic rings. The molecule has 18 heavy (non-hydrogen) atoms. The molecule has 102 valence electrons. The number of halogens is 1. The van der Waals surface area contributed by atoms with Gasteiger partial charge < -0.3 is 10.6 Å². The number of nitrogen functional groups attached to an aromatic ring is 1. The number of nitrogens with zero attached hydrogens (tertiary/aromatic N) is 1. The molecule has 7 heteroatoms. The van der Waals surface area contributed by atoms with Crippen molar-refractivity contribution in [1.29, 1.82) is 0 Å². The van der Waals surface area contributed by atoms with Crippen LogP contribution in [0.15, 0.2) is 27.6 Å². The van der Waals surface area contributed by atoms with Crippen LogP contribution in [0.5, 0.6) is 0 Å². The van der Waals surface area contributed by atoms with Gasteiger partial charge in [-0.05, 0) is 55.1 Å². The molecular formula is C11H18BrN3O2S. The van der Waals surface area contributed by atoms with Gasteiger partial charge in [0.05, 0.1) is 4.90 Å². The van der Waals surface area contributed by atoms with Crippen LogP contribution in [0.4, 0.5) is 5.69 Å². The number of likely N-dealkylation sites (N-methyl/N-ethyl adjacent to an activating group) is 1. The normalized spacial score (nSPS) is 13.8. The molecule has 0 fully saturated rings. The summed E-state index contributed by atoms with van der Waals surface area (Å²) in [5.41, 5.74) is 6.03. The Morgan fingerprint density at radius 3 is 2.61 bits per heavy atom. The van der Waals surface area contributed by atoms with Crippen molar-refractivity contribution < 1.29 is 8.42 Å². The fourth-order valence-electron chi connectivity index (χ4n) is 1.64. The Bertz CT molecular complexity index is 517. The largest absolute Gasteiger partial charge is 0.399 e. The summed E-state index contributed by atoms with van der Waals surface area (Å²) in [6.45, 7) is 2.44. The summed E-state index contributed by atoms with van der Waals surface area (Å²) in [7, 11) is 0.218. The van der Waals surface area contributed by atoms with Crippen molar-refractivity contribution in [2.24, 2.45) is 0 Å². The van der Waals surface area contributed by atoms with Gasteiger partial charge in [0.2, 0.25) is 10.0 Å². The molecule has 0 saturated heterocycles. The van der Waals surface area contributed by atoms with Crippen molar-refractivity contribution in [2.45, 2.75) is 17.9 Å². The predicted octanol–water partition coefficient (Wildman–Crippen LogP) is 1.26. The molecule has 5 nitrogen and oxygen atoms in total. The average molecular weight is 336 g/mol. The Labute approximate surface area is 117 Å². The zero-order valence-electron chi connectivity index (χ0n) is 10.6. The lowest BCUT2D eigenvalue weighted by atomic mass is 10.3.